The molecule has 1 aromatic carbocycles. The normalized spacial score (nSPS) is 13.1. The van der Waals surface area contributed by atoms with Gasteiger partial charge in [-0.25, -0.2) is 0 Å². The molecule has 0 nitrogen and oxygen atoms in total. The van der Waals surface area contributed by atoms with Crippen LogP contribution in [0.15, 0.2) is 24.3 Å². The predicted octanol–water partition coefficient (Wildman–Crippen LogP) is 3.80. The van der Waals surface area contributed by atoms with Gasteiger partial charge in [-0.15, -0.1) is 0 Å². The molecule has 1 aromatic rings. The maximum absolute atomic E-state index is 5.77. The summed E-state index contributed by atoms with van der Waals surface area (Å²) in [5.74, 6) is 0. The second-order valence-electron chi connectivity index (χ2n) is 2.17. The van der Waals surface area contributed by atoms with Crippen molar-refractivity contribution in [3.63, 3.8) is 0 Å². The first kappa shape index (κ1) is 8.09. The van der Waals surface area contributed by atoms with E-state index in [0.717, 1.165) is 5.02 Å². The highest BCUT2D eigenvalue weighted by Gasteiger charge is 1.98. The summed E-state index contributed by atoms with van der Waals surface area (Å²) in [6, 6.07) is 7.84. The van der Waals surface area contributed by atoms with Gasteiger partial charge in [-0.1, -0.05) is 39.7 Å². The number of hydrogen-bond acceptors (Lipinski definition) is 0. The molecule has 0 aliphatic rings. The minimum absolute atomic E-state index is 0.381. The summed E-state index contributed by atoms with van der Waals surface area (Å²) in [6.07, 6.45) is 0. The van der Waals surface area contributed by atoms with E-state index in [4.69, 9.17) is 11.6 Å². The quantitative estimate of drug-likeness (QED) is 0.630. The maximum atomic E-state index is 5.77. The van der Waals surface area contributed by atoms with E-state index < -0.39 is 0 Å². The van der Waals surface area contributed by atoms with Crippen LogP contribution in [0.5, 0.6) is 0 Å². The van der Waals surface area contributed by atoms with Crippen LogP contribution in [-0.4, -0.2) is 0 Å². The van der Waals surface area contributed by atoms with Gasteiger partial charge in [0.15, 0.2) is 0 Å². The van der Waals surface area contributed by atoms with Gasteiger partial charge in [0.25, 0.3) is 0 Å². The van der Waals surface area contributed by atoms with Crippen LogP contribution in [0.3, 0.4) is 0 Å². The van der Waals surface area contributed by atoms with E-state index >= 15 is 0 Å². The molecule has 1 rings (SSSR count). The van der Waals surface area contributed by atoms with Crippen molar-refractivity contribution in [1.29, 1.82) is 0 Å². The Hall–Kier alpha value is -0.0100. The maximum Gasteiger partial charge on any atom is 0.0409 e. The summed E-state index contributed by atoms with van der Waals surface area (Å²) >= 11 is 9.23. The van der Waals surface area contributed by atoms with Crippen molar-refractivity contribution in [2.45, 2.75) is 11.8 Å². The monoisotopic (exact) mass is 218 g/mol. The molecule has 0 saturated carbocycles. The van der Waals surface area contributed by atoms with Gasteiger partial charge >= 0.3 is 0 Å². The first-order chi connectivity index (χ1) is 4.70. The van der Waals surface area contributed by atoms with Crippen LogP contribution in [0.2, 0.25) is 5.02 Å². The molecule has 0 amide bonds. The van der Waals surface area contributed by atoms with Gasteiger partial charge in [0.2, 0.25) is 0 Å². The zero-order chi connectivity index (χ0) is 7.56. The Morgan fingerprint density at radius 2 is 2.20 bits per heavy atom. The van der Waals surface area contributed by atoms with Gasteiger partial charge in [-0.2, -0.15) is 0 Å². The van der Waals surface area contributed by atoms with Crippen LogP contribution in [0.4, 0.5) is 0 Å². The fourth-order valence-electron chi connectivity index (χ4n) is 0.754. The second-order valence-corrected chi connectivity index (χ2v) is 3.98. The molecule has 0 aromatic heterocycles. The standard InChI is InChI=1S/C8H8BrCl/c1-6(9)7-3-2-4-8(10)5-7/h2-6H,1H3. The van der Waals surface area contributed by atoms with Gasteiger partial charge in [-0.05, 0) is 24.6 Å². The molecule has 10 heavy (non-hydrogen) atoms. The first-order valence-electron chi connectivity index (χ1n) is 3.09. The largest absolute Gasteiger partial charge is 0.0843 e. The van der Waals surface area contributed by atoms with Gasteiger partial charge in [-0.3, -0.25) is 0 Å². The summed E-state index contributed by atoms with van der Waals surface area (Å²) in [5.41, 5.74) is 1.22. The summed E-state index contributed by atoms with van der Waals surface area (Å²) in [7, 11) is 0. The van der Waals surface area contributed by atoms with E-state index in [9.17, 15) is 0 Å². The average molecular weight is 220 g/mol. The van der Waals surface area contributed by atoms with Gasteiger partial charge in [0, 0.05) is 9.85 Å². The molecule has 0 fully saturated rings. The highest BCUT2D eigenvalue weighted by molar-refractivity contribution is 9.09. The molecule has 0 heterocycles. The van der Waals surface area contributed by atoms with Crippen molar-refractivity contribution in [3.8, 4) is 0 Å². The number of rotatable bonds is 1. The topological polar surface area (TPSA) is 0 Å². The Morgan fingerprint density at radius 1 is 1.50 bits per heavy atom. The highest BCUT2D eigenvalue weighted by Crippen LogP contribution is 2.23. The smallest absolute Gasteiger partial charge is 0.0409 e. The summed E-state index contributed by atoms with van der Waals surface area (Å²) in [5, 5.41) is 0.795. The van der Waals surface area contributed by atoms with Crippen molar-refractivity contribution < 1.29 is 0 Å². The molecule has 54 valence electrons. The molecule has 0 aliphatic carbocycles. The van der Waals surface area contributed by atoms with Crippen LogP contribution in [0.1, 0.15) is 17.3 Å². The van der Waals surface area contributed by atoms with Gasteiger partial charge in [0.05, 0.1) is 0 Å². The first-order valence-corrected chi connectivity index (χ1v) is 4.39. The third-order valence-corrected chi connectivity index (χ3v) is 2.07. The fourth-order valence-corrected chi connectivity index (χ4v) is 1.24. The molecule has 1 atom stereocenters. The molecule has 0 aliphatic heterocycles. The van der Waals surface area contributed by atoms with Crippen LogP contribution < -0.4 is 0 Å². The molecule has 0 radical (unpaired) electrons. The van der Waals surface area contributed by atoms with Gasteiger partial charge in [0.1, 0.15) is 0 Å². The van der Waals surface area contributed by atoms with Crippen LogP contribution in [-0.2, 0) is 0 Å². The van der Waals surface area contributed by atoms with Crippen LogP contribution in [0, 0.1) is 0 Å². The van der Waals surface area contributed by atoms with E-state index in [1.807, 2.05) is 24.3 Å². The lowest BCUT2D eigenvalue weighted by atomic mass is 10.2. The van der Waals surface area contributed by atoms with Crippen molar-refractivity contribution in [2.75, 3.05) is 0 Å². The summed E-state index contributed by atoms with van der Waals surface area (Å²) in [4.78, 5) is 0.381. The minimum Gasteiger partial charge on any atom is -0.0843 e. The number of alkyl halides is 1. The third kappa shape index (κ3) is 1.99. The number of hydrogen-bond donors (Lipinski definition) is 0. The summed E-state index contributed by atoms with van der Waals surface area (Å²) < 4.78 is 0. The van der Waals surface area contributed by atoms with Crippen LogP contribution in [0.25, 0.3) is 0 Å². The van der Waals surface area contributed by atoms with E-state index in [1.54, 1.807) is 0 Å². The van der Waals surface area contributed by atoms with Crippen molar-refractivity contribution in [3.05, 3.63) is 34.9 Å². The predicted molar refractivity (Wildman–Crippen MR) is 48.8 cm³/mol. The van der Waals surface area contributed by atoms with E-state index in [-0.39, 0.29) is 0 Å². The number of benzene rings is 1. The lowest BCUT2D eigenvalue weighted by Crippen LogP contribution is -1.81. The highest BCUT2D eigenvalue weighted by atomic mass is 79.9. The number of halogens is 2. The Bertz CT molecular complexity index is 220. The van der Waals surface area contributed by atoms with E-state index in [1.165, 1.54) is 5.56 Å². The van der Waals surface area contributed by atoms with Gasteiger partial charge < -0.3 is 0 Å². The second kappa shape index (κ2) is 3.40. The van der Waals surface area contributed by atoms with E-state index in [0.29, 0.717) is 4.83 Å². The third-order valence-electron chi connectivity index (χ3n) is 1.31. The Balaban J connectivity index is 2.96. The van der Waals surface area contributed by atoms with Crippen LogP contribution >= 0.6 is 27.5 Å². The molecule has 0 spiro atoms. The molecule has 0 N–H and O–H groups in total. The fraction of sp³-hybridized carbons (Fsp3) is 0.250. The van der Waals surface area contributed by atoms with Crippen molar-refractivity contribution in [2.24, 2.45) is 0 Å². The van der Waals surface area contributed by atoms with E-state index in [2.05, 4.69) is 22.9 Å². The Morgan fingerprint density at radius 3 is 2.60 bits per heavy atom. The SMILES string of the molecule is CC(Br)c1cccc(Cl)c1. The van der Waals surface area contributed by atoms with Crippen molar-refractivity contribution >= 4 is 27.5 Å². The molecule has 1 unspecified atom stereocenters. The molecule has 0 bridgehead atoms. The zero-order valence-corrected chi connectivity index (χ0v) is 7.98. The summed E-state index contributed by atoms with van der Waals surface area (Å²) in [6.45, 7) is 2.08. The molecule has 2 heteroatoms. The lowest BCUT2D eigenvalue weighted by molar-refractivity contribution is 1.12. The average Bonchev–Trinajstić information content (AvgIpc) is 1.88. The Kier molecular flexibility index (Phi) is 2.75. The Labute approximate surface area is 74.3 Å². The zero-order valence-electron chi connectivity index (χ0n) is 5.64. The lowest BCUT2D eigenvalue weighted by Gasteiger charge is -2.01. The molecular weight excluding hydrogens is 211 g/mol. The van der Waals surface area contributed by atoms with Crippen molar-refractivity contribution in [1.82, 2.24) is 0 Å². The minimum atomic E-state index is 0.381. The molecular formula is C8H8BrCl. The molecule has 0 saturated heterocycles.